The van der Waals surface area contributed by atoms with E-state index in [0.717, 1.165) is 12.8 Å². The number of benzene rings is 1. The molecule has 0 N–H and O–H groups in total. The zero-order chi connectivity index (χ0) is 18.9. The maximum absolute atomic E-state index is 12.5. The van der Waals surface area contributed by atoms with Gasteiger partial charge in [0.1, 0.15) is 24.4 Å². The van der Waals surface area contributed by atoms with E-state index in [9.17, 15) is 9.59 Å². The first-order valence-corrected chi connectivity index (χ1v) is 9.16. The van der Waals surface area contributed by atoms with Gasteiger partial charge in [-0.15, -0.1) is 0 Å². The Hall–Kier alpha value is -1.92. The zero-order valence-electron chi connectivity index (χ0n) is 15.7. The fourth-order valence-electron chi connectivity index (χ4n) is 3.25. The van der Waals surface area contributed by atoms with Crippen molar-refractivity contribution in [2.24, 2.45) is 0 Å². The standard InChI is InChI=1S/C20H26O6/c1-5-19(13(3)25-19)11-23-17(21)15-9-7-8-10-16(15)18(22)24-12-20(6-2)14(4)26-20/h7-10,13-14H,5-6,11-12H2,1-4H3. The van der Waals surface area contributed by atoms with Gasteiger partial charge >= 0.3 is 11.9 Å². The molecule has 6 heteroatoms. The summed E-state index contributed by atoms with van der Waals surface area (Å²) in [5.74, 6) is -1.09. The van der Waals surface area contributed by atoms with Gasteiger partial charge in [-0.2, -0.15) is 0 Å². The first-order valence-electron chi connectivity index (χ1n) is 9.16. The largest absolute Gasteiger partial charge is 0.459 e. The minimum atomic E-state index is -0.547. The molecule has 4 atom stereocenters. The van der Waals surface area contributed by atoms with Gasteiger partial charge in [0.05, 0.1) is 23.3 Å². The van der Waals surface area contributed by atoms with Gasteiger partial charge in [-0.25, -0.2) is 9.59 Å². The summed E-state index contributed by atoms with van der Waals surface area (Å²) in [6.45, 7) is 8.25. The summed E-state index contributed by atoms with van der Waals surface area (Å²) in [6, 6.07) is 6.53. The number of rotatable bonds is 8. The van der Waals surface area contributed by atoms with Crippen molar-refractivity contribution in [2.75, 3.05) is 13.2 Å². The van der Waals surface area contributed by atoms with Crippen LogP contribution in [-0.2, 0) is 18.9 Å². The molecular formula is C20H26O6. The van der Waals surface area contributed by atoms with E-state index in [1.54, 1.807) is 24.3 Å². The molecule has 2 aliphatic heterocycles. The molecular weight excluding hydrogens is 336 g/mol. The summed E-state index contributed by atoms with van der Waals surface area (Å²) in [7, 11) is 0. The molecule has 0 amide bonds. The van der Waals surface area contributed by atoms with Crippen molar-refractivity contribution >= 4 is 11.9 Å². The van der Waals surface area contributed by atoms with E-state index < -0.39 is 23.1 Å². The number of ether oxygens (including phenoxy) is 4. The van der Waals surface area contributed by atoms with Gasteiger partial charge in [0.25, 0.3) is 0 Å². The highest BCUT2D eigenvalue weighted by molar-refractivity contribution is 6.03. The summed E-state index contributed by atoms with van der Waals surface area (Å²) in [5, 5.41) is 0. The van der Waals surface area contributed by atoms with Crippen molar-refractivity contribution in [3.05, 3.63) is 35.4 Å². The van der Waals surface area contributed by atoms with Gasteiger partial charge in [0, 0.05) is 0 Å². The fourth-order valence-corrected chi connectivity index (χ4v) is 3.25. The van der Waals surface area contributed by atoms with Crippen LogP contribution in [0.4, 0.5) is 0 Å². The van der Waals surface area contributed by atoms with Gasteiger partial charge in [-0.05, 0) is 38.8 Å². The molecule has 3 rings (SSSR count). The van der Waals surface area contributed by atoms with Crippen LogP contribution in [0.15, 0.2) is 24.3 Å². The molecule has 2 heterocycles. The summed E-state index contributed by atoms with van der Waals surface area (Å²) < 4.78 is 21.9. The minimum Gasteiger partial charge on any atom is -0.459 e. The van der Waals surface area contributed by atoms with Crippen molar-refractivity contribution in [2.45, 2.75) is 63.9 Å². The lowest BCUT2D eigenvalue weighted by Gasteiger charge is -2.14. The zero-order valence-corrected chi connectivity index (χ0v) is 15.7. The Morgan fingerprint density at radius 2 is 1.23 bits per heavy atom. The molecule has 2 saturated heterocycles. The van der Waals surface area contributed by atoms with Gasteiger partial charge in [0.2, 0.25) is 0 Å². The topological polar surface area (TPSA) is 77.7 Å². The highest BCUT2D eigenvalue weighted by Crippen LogP contribution is 2.40. The minimum absolute atomic E-state index is 0.0753. The Kier molecular flexibility index (Phi) is 5.08. The van der Waals surface area contributed by atoms with E-state index in [0.29, 0.717) is 0 Å². The monoisotopic (exact) mass is 362 g/mol. The van der Waals surface area contributed by atoms with Crippen LogP contribution >= 0.6 is 0 Å². The molecule has 1 aromatic carbocycles. The quantitative estimate of drug-likeness (QED) is 0.522. The van der Waals surface area contributed by atoms with Crippen LogP contribution in [0, 0.1) is 0 Å². The third kappa shape index (κ3) is 3.48. The van der Waals surface area contributed by atoms with Crippen LogP contribution < -0.4 is 0 Å². The highest BCUT2D eigenvalue weighted by atomic mass is 16.6. The van der Waals surface area contributed by atoms with Crippen molar-refractivity contribution in [3.63, 3.8) is 0 Å². The van der Waals surface area contributed by atoms with Crippen molar-refractivity contribution in [1.82, 2.24) is 0 Å². The predicted molar refractivity (Wildman–Crippen MR) is 94.1 cm³/mol. The second kappa shape index (κ2) is 7.00. The maximum Gasteiger partial charge on any atom is 0.339 e. The Balaban J connectivity index is 1.64. The second-order valence-electron chi connectivity index (χ2n) is 7.05. The maximum atomic E-state index is 12.5. The van der Waals surface area contributed by atoms with Crippen molar-refractivity contribution in [3.8, 4) is 0 Å². The Labute approximate surface area is 153 Å². The number of carbonyl (C=O) groups excluding carboxylic acids is 2. The Morgan fingerprint density at radius 3 is 1.50 bits per heavy atom. The number of hydrogen-bond donors (Lipinski definition) is 0. The molecule has 0 bridgehead atoms. The van der Waals surface area contributed by atoms with Crippen LogP contribution in [0.2, 0.25) is 0 Å². The van der Waals surface area contributed by atoms with Gasteiger partial charge in [0.15, 0.2) is 0 Å². The van der Waals surface area contributed by atoms with Crippen LogP contribution in [0.25, 0.3) is 0 Å². The summed E-state index contributed by atoms with van der Waals surface area (Å²) >= 11 is 0. The smallest absolute Gasteiger partial charge is 0.339 e. The molecule has 4 unspecified atom stereocenters. The fraction of sp³-hybridized carbons (Fsp3) is 0.600. The van der Waals surface area contributed by atoms with Crippen LogP contribution in [0.5, 0.6) is 0 Å². The molecule has 0 spiro atoms. The Bertz CT molecular complexity index is 634. The summed E-state index contributed by atoms with van der Waals surface area (Å²) in [4.78, 5) is 25.0. The average Bonchev–Trinajstić information content (AvgIpc) is 3.52. The average molecular weight is 362 g/mol. The molecule has 0 aromatic heterocycles. The van der Waals surface area contributed by atoms with E-state index in [2.05, 4.69) is 0 Å². The molecule has 0 saturated carbocycles. The highest BCUT2D eigenvalue weighted by Gasteiger charge is 2.53. The number of esters is 2. The SMILES string of the molecule is CCC1(COC(=O)c2ccccc2C(=O)OCC2(CC)OC2C)OC1C. The molecule has 0 aliphatic carbocycles. The lowest BCUT2D eigenvalue weighted by molar-refractivity contribution is 0.0346. The molecule has 2 fully saturated rings. The first-order chi connectivity index (χ1) is 12.4. The number of epoxide rings is 2. The lowest BCUT2D eigenvalue weighted by Crippen LogP contribution is -2.26. The summed E-state index contributed by atoms with van der Waals surface area (Å²) in [5.41, 5.74) is -0.379. The summed E-state index contributed by atoms with van der Waals surface area (Å²) in [6.07, 6.45) is 1.68. The predicted octanol–water partition coefficient (Wildman–Crippen LogP) is 3.14. The molecule has 1 aromatic rings. The molecule has 6 nitrogen and oxygen atoms in total. The number of carbonyl (C=O) groups is 2. The first kappa shape index (κ1) is 18.9. The molecule has 142 valence electrons. The van der Waals surface area contributed by atoms with E-state index in [1.165, 1.54) is 0 Å². The van der Waals surface area contributed by atoms with E-state index >= 15 is 0 Å². The molecule has 0 radical (unpaired) electrons. The van der Waals surface area contributed by atoms with Crippen LogP contribution in [0.3, 0.4) is 0 Å². The molecule has 26 heavy (non-hydrogen) atoms. The number of hydrogen-bond acceptors (Lipinski definition) is 6. The van der Waals surface area contributed by atoms with Crippen LogP contribution in [0.1, 0.15) is 61.3 Å². The van der Waals surface area contributed by atoms with E-state index in [1.807, 2.05) is 27.7 Å². The van der Waals surface area contributed by atoms with Crippen LogP contribution in [-0.4, -0.2) is 48.6 Å². The lowest BCUT2D eigenvalue weighted by atomic mass is 10.0. The van der Waals surface area contributed by atoms with E-state index in [-0.39, 0.29) is 36.5 Å². The van der Waals surface area contributed by atoms with Crippen molar-refractivity contribution < 1.29 is 28.5 Å². The normalized spacial score (nSPS) is 32.0. The molecule has 2 aliphatic rings. The second-order valence-corrected chi connectivity index (χ2v) is 7.05. The van der Waals surface area contributed by atoms with Gasteiger partial charge in [-0.1, -0.05) is 26.0 Å². The van der Waals surface area contributed by atoms with Gasteiger partial charge in [-0.3, -0.25) is 0 Å². The van der Waals surface area contributed by atoms with Crippen molar-refractivity contribution in [1.29, 1.82) is 0 Å². The van der Waals surface area contributed by atoms with E-state index in [4.69, 9.17) is 18.9 Å². The third-order valence-electron chi connectivity index (χ3n) is 5.65. The Morgan fingerprint density at radius 1 is 0.885 bits per heavy atom. The third-order valence-corrected chi connectivity index (χ3v) is 5.65. The van der Waals surface area contributed by atoms with Gasteiger partial charge < -0.3 is 18.9 Å².